The van der Waals surface area contributed by atoms with E-state index in [0.29, 0.717) is 13.0 Å². The van der Waals surface area contributed by atoms with E-state index in [1.807, 2.05) is 20.8 Å². The maximum atomic E-state index is 12.0. The van der Waals surface area contributed by atoms with Gasteiger partial charge in [0.15, 0.2) is 6.23 Å². The molecule has 0 aromatic heterocycles. The lowest BCUT2D eigenvalue weighted by Crippen LogP contribution is -2.41. The molecule has 0 radical (unpaired) electrons. The molecule has 5 nitrogen and oxygen atoms in total. The molecule has 1 aliphatic carbocycles. The lowest BCUT2D eigenvalue weighted by molar-refractivity contribution is -0.139. The highest BCUT2D eigenvalue weighted by Gasteiger charge is 2.55. The Morgan fingerprint density at radius 3 is 2.53 bits per heavy atom. The highest BCUT2D eigenvalue weighted by molar-refractivity contribution is 5.69. The quantitative estimate of drug-likeness (QED) is 0.693. The average molecular weight is 241 g/mol. The number of carbonyl (C=O) groups excluding carboxylic acids is 2. The summed E-state index contributed by atoms with van der Waals surface area (Å²) in [5.74, 6) is 0. The summed E-state index contributed by atoms with van der Waals surface area (Å²) < 4.78 is 10.3. The third-order valence-electron chi connectivity index (χ3n) is 3.26. The Morgan fingerprint density at radius 2 is 2.06 bits per heavy atom. The lowest BCUT2D eigenvalue weighted by Gasteiger charge is -2.27. The summed E-state index contributed by atoms with van der Waals surface area (Å²) in [4.78, 5) is 23.9. The number of hydrogen-bond donors (Lipinski definition) is 0. The minimum absolute atomic E-state index is 0.185. The topological polar surface area (TPSA) is 55.8 Å². The molecule has 1 spiro atoms. The van der Waals surface area contributed by atoms with Crippen LogP contribution >= 0.6 is 0 Å². The molecule has 1 unspecified atom stereocenters. The van der Waals surface area contributed by atoms with Crippen LogP contribution in [0.3, 0.4) is 0 Å². The molecule has 96 valence electrons. The zero-order chi connectivity index (χ0) is 12.7. The number of hydrogen-bond acceptors (Lipinski definition) is 4. The fourth-order valence-corrected chi connectivity index (χ4v) is 2.24. The number of rotatable bonds is 2. The molecule has 2 aliphatic rings. The second-order valence-corrected chi connectivity index (χ2v) is 6.00. The number of amides is 1. The van der Waals surface area contributed by atoms with Gasteiger partial charge in [0.1, 0.15) is 5.60 Å². The van der Waals surface area contributed by atoms with Gasteiger partial charge >= 0.3 is 6.09 Å². The highest BCUT2D eigenvalue weighted by Crippen LogP contribution is 2.55. The molecule has 1 aliphatic heterocycles. The van der Waals surface area contributed by atoms with Gasteiger partial charge in [0.05, 0.1) is 0 Å². The summed E-state index contributed by atoms with van der Waals surface area (Å²) in [5.41, 5.74) is -0.341. The van der Waals surface area contributed by atoms with E-state index in [1.165, 1.54) is 4.90 Å². The molecule has 1 atom stereocenters. The Labute approximate surface area is 101 Å². The van der Waals surface area contributed by atoms with Crippen molar-refractivity contribution in [3.63, 3.8) is 0 Å². The van der Waals surface area contributed by atoms with Crippen LogP contribution in [0.4, 0.5) is 4.79 Å². The molecule has 0 bridgehead atoms. The van der Waals surface area contributed by atoms with Gasteiger partial charge in [0.2, 0.25) is 0 Å². The van der Waals surface area contributed by atoms with Gasteiger partial charge in [-0.1, -0.05) is 0 Å². The van der Waals surface area contributed by atoms with E-state index in [2.05, 4.69) is 0 Å². The minimum Gasteiger partial charge on any atom is -0.444 e. The number of likely N-dealkylation sites (tertiary alicyclic amines) is 1. The number of carbonyl (C=O) groups is 2. The second-order valence-electron chi connectivity index (χ2n) is 6.00. The van der Waals surface area contributed by atoms with Crippen LogP contribution in [-0.4, -0.2) is 35.8 Å². The molecular formula is C12H19NO4. The Hall–Kier alpha value is -1.26. The Morgan fingerprint density at radius 1 is 1.41 bits per heavy atom. The molecule has 2 rings (SSSR count). The van der Waals surface area contributed by atoms with Gasteiger partial charge in [0, 0.05) is 13.0 Å². The Kier molecular flexibility index (Phi) is 2.79. The third-order valence-corrected chi connectivity index (χ3v) is 3.26. The predicted molar refractivity (Wildman–Crippen MR) is 60.2 cm³/mol. The van der Waals surface area contributed by atoms with Crippen LogP contribution in [0.1, 0.15) is 40.0 Å². The van der Waals surface area contributed by atoms with Crippen molar-refractivity contribution in [1.29, 1.82) is 0 Å². The van der Waals surface area contributed by atoms with Gasteiger partial charge < -0.3 is 9.47 Å². The summed E-state index contributed by atoms with van der Waals surface area (Å²) in [6, 6.07) is 0. The van der Waals surface area contributed by atoms with E-state index in [1.54, 1.807) is 0 Å². The van der Waals surface area contributed by atoms with Crippen LogP contribution < -0.4 is 0 Å². The molecule has 0 aromatic rings. The van der Waals surface area contributed by atoms with Crippen molar-refractivity contribution in [2.75, 3.05) is 6.54 Å². The largest absolute Gasteiger partial charge is 0.444 e. The van der Waals surface area contributed by atoms with E-state index in [0.717, 1.165) is 19.3 Å². The summed E-state index contributed by atoms with van der Waals surface area (Å²) in [6.07, 6.45) is 2.10. The molecule has 1 heterocycles. The molecule has 0 N–H and O–H groups in total. The van der Waals surface area contributed by atoms with Gasteiger partial charge in [0.25, 0.3) is 6.47 Å². The zero-order valence-electron chi connectivity index (χ0n) is 10.6. The summed E-state index contributed by atoms with van der Waals surface area (Å²) in [5, 5.41) is 0. The van der Waals surface area contributed by atoms with Gasteiger partial charge in [-0.3, -0.25) is 9.69 Å². The first-order valence-corrected chi connectivity index (χ1v) is 5.94. The summed E-state index contributed by atoms with van der Waals surface area (Å²) in [6.45, 7) is 6.51. The number of ether oxygens (including phenoxy) is 2. The Bertz CT molecular complexity index is 330. The van der Waals surface area contributed by atoms with Crippen molar-refractivity contribution >= 4 is 12.6 Å². The van der Waals surface area contributed by atoms with Crippen LogP contribution in [0.5, 0.6) is 0 Å². The van der Waals surface area contributed by atoms with Crippen LogP contribution in [0.2, 0.25) is 0 Å². The summed E-state index contributed by atoms with van der Waals surface area (Å²) >= 11 is 0. The second kappa shape index (κ2) is 3.89. The van der Waals surface area contributed by atoms with Crippen molar-refractivity contribution in [2.45, 2.75) is 51.9 Å². The Balaban J connectivity index is 2.02. The molecule has 1 saturated carbocycles. The van der Waals surface area contributed by atoms with E-state index >= 15 is 0 Å². The van der Waals surface area contributed by atoms with Crippen LogP contribution in [0, 0.1) is 5.41 Å². The van der Waals surface area contributed by atoms with E-state index < -0.39 is 17.9 Å². The molecule has 17 heavy (non-hydrogen) atoms. The van der Waals surface area contributed by atoms with Crippen LogP contribution in [-0.2, 0) is 14.3 Å². The maximum absolute atomic E-state index is 12.0. The van der Waals surface area contributed by atoms with E-state index in [-0.39, 0.29) is 5.41 Å². The standard InChI is InChI=1S/C12H19NO4/c1-11(2,3)17-10(15)13-7-12(4-5-12)6-9(13)16-8-14/h8-9H,4-7H2,1-3H3. The fourth-order valence-electron chi connectivity index (χ4n) is 2.24. The van der Waals surface area contributed by atoms with Crippen LogP contribution in [0.25, 0.3) is 0 Å². The average Bonchev–Trinajstić information content (AvgIpc) is 2.80. The molecular weight excluding hydrogens is 222 g/mol. The van der Waals surface area contributed by atoms with Crippen molar-refractivity contribution in [2.24, 2.45) is 5.41 Å². The molecule has 1 amide bonds. The van der Waals surface area contributed by atoms with E-state index in [4.69, 9.17) is 9.47 Å². The van der Waals surface area contributed by atoms with Crippen molar-refractivity contribution < 1.29 is 19.1 Å². The monoisotopic (exact) mass is 241 g/mol. The van der Waals surface area contributed by atoms with Crippen molar-refractivity contribution in [3.8, 4) is 0 Å². The number of nitrogens with zero attached hydrogens (tertiary/aromatic N) is 1. The minimum atomic E-state index is -0.526. The van der Waals surface area contributed by atoms with Gasteiger partial charge in [-0.25, -0.2) is 4.79 Å². The van der Waals surface area contributed by atoms with Crippen LogP contribution in [0.15, 0.2) is 0 Å². The SMILES string of the molecule is CC(C)(C)OC(=O)N1CC2(CC2)CC1OC=O. The van der Waals surface area contributed by atoms with Gasteiger partial charge in [-0.05, 0) is 39.0 Å². The predicted octanol–water partition coefficient (Wildman–Crippen LogP) is 1.91. The molecule has 0 aromatic carbocycles. The zero-order valence-corrected chi connectivity index (χ0v) is 10.6. The van der Waals surface area contributed by atoms with Crippen molar-refractivity contribution in [3.05, 3.63) is 0 Å². The molecule has 2 fully saturated rings. The fraction of sp³-hybridized carbons (Fsp3) is 0.833. The first kappa shape index (κ1) is 12.2. The summed E-state index contributed by atoms with van der Waals surface area (Å²) in [7, 11) is 0. The highest BCUT2D eigenvalue weighted by atomic mass is 16.6. The normalized spacial score (nSPS) is 25.8. The first-order valence-electron chi connectivity index (χ1n) is 5.94. The molecule has 1 saturated heterocycles. The third kappa shape index (κ3) is 2.70. The van der Waals surface area contributed by atoms with Gasteiger partial charge in [-0.2, -0.15) is 0 Å². The lowest BCUT2D eigenvalue weighted by atomic mass is 10.1. The van der Waals surface area contributed by atoms with Gasteiger partial charge in [-0.15, -0.1) is 0 Å². The first-order chi connectivity index (χ1) is 7.85. The smallest absolute Gasteiger partial charge is 0.413 e. The molecule has 5 heteroatoms. The maximum Gasteiger partial charge on any atom is 0.413 e. The van der Waals surface area contributed by atoms with Crippen molar-refractivity contribution in [1.82, 2.24) is 4.90 Å². The van der Waals surface area contributed by atoms with E-state index in [9.17, 15) is 9.59 Å².